The largest absolute Gasteiger partial charge is 0.325 e. The zero-order valence-corrected chi connectivity index (χ0v) is 9.03. The molecule has 0 aliphatic heterocycles. The molecule has 2 N–H and O–H groups in total. The Labute approximate surface area is 77.7 Å². The quantitative estimate of drug-likeness (QED) is 0.583. The number of nitrogens with two attached hydrogens (primary N) is 1. The minimum atomic E-state index is 0.143. The van der Waals surface area contributed by atoms with Crippen molar-refractivity contribution in [3.8, 4) is 0 Å². The second-order valence-electron chi connectivity index (χ2n) is 3.92. The molecule has 0 aliphatic rings. The fraction of sp³-hybridized carbons (Fsp3) is 1.00. The highest BCUT2D eigenvalue weighted by atomic mass is 14.7. The summed E-state index contributed by atoms with van der Waals surface area (Å²) in [6.45, 7) is 6.67. The molecule has 1 nitrogen and oxygen atoms in total. The molecule has 0 amide bonds. The van der Waals surface area contributed by atoms with Crippen LogP contribution >= 0.6 is 0 Å². The van der Waals surface area contributed by atoms with Gasteiger partial charge in [0.15, 0.2) is 0 Å². The van der Waals surface area contributed by atoms with Crippen molar-refractivity contribution >= 4 is 0 Å². The maximum atomic E-state index is 6.25. The van der Waals surface area contributed by atoms with E-state index in [1.54, 1.807) is 0 Å². The summed E-state index contributed by atoms with van der Waals surface area (Å²) in [5.41, 5.74) is 6.39. The molecule has 0 heterocycles. The van der Waals surface area contributed by atoms with Crippen molar-refractivity contribution in [2.45, 2.75) is 71.3 Å². The first kappa shape index (κ1) is 12.0. The van der Waals surface area contributed by atoms with E-state index in [4.69, 9.17) is 5.73 Å². The van der Waals surface area contributed by atoms with Crippen LogP contribution in [0, 0.1) is 0 Å². The summed E-state index contributed by atoms with van der Waals surface area (Å²) in [6, 6.07) is 0. The Morgan fingerprint density at radius 3 is 2.00 bits per heavy atom. The van der Waals surface area contributed by atoms with Crippen LogP contribution in [0.4, 0.5) is 0 Å². The Bertz CT molecular complexity index is 101. The highest BCUT2D eigenvalue weighted by Crippen LogP contribution is 2.21. The monoisotopic (exact) mass is 171 g/mol. The fourth-order valence-electron chi connectivity index (χ4n) is 1.70. The van der Waals surface area contributed by atoms with E-state index >= 15 is 0 Å². The lowest BCUT2D eigenvalue weighted by atomic mass is 9.86. The first-order valence-electron chi connectivity index (χ1n) is 5.47. The third kappa shape index (κ3) is 4.76. The van der Waals surface area contributed by atoms with Crippen LogP contribution in [0.2, 0.25) is 0 Å². The molecule has 1 atom stereocenters. The highest BCUT2D eigenvalue weighted by molar-refractivity contribution is 4.81. The van der Waals surface area contributed by atoms with E-state index in [1.807, 2.05) is 0 Å². The molecule has 0 radical (unpaired) electrons. The molecular weight excluding hydrogens is 146 g/mol. The van der Waals surface area contributed by atoms with Crippen LogP contribution in [0.1, 0.15) is 65.7 Å². The predicted octanol–water partition coefficient (Wildman–Crippen LogP) is 3.47. The smallest absolute Gasteiger partial charge is 0.0151 e. The summed E-state index contributed by atoms with van der Waals surface area (Å²) in [4.78, 5) is 0. The first-order chi connectivity index (χ1) is 5.68. The third-order valence-corrected chi connectivity index (χ3v) is 2.73. The van der Waals surface area contributed by atoms with Crippen LogP contribution in [0.3, 0.4) is 0 Å². The first-order valence-corrected chi connectivity index (χ1v) is 5.47. The standard InChI is InChI=1S/C11H25N/c1-4-7-8-10-11(12,6-3)9-5-2/h4-10,12H2,1-3H3. The molecule has 0 saturated heterocycles. The zero-order valence-electron chi connectivity index (χ0n) is 9.03. The second kappa shape index (κ2) is 6.47. The van der Waals surface area contributed by atoms with Crippen molar-refractivity contribution < 1.29 is 0 Å². The van der Waals surface area contributed by atoms with E-state index < -0.39 is 0 Å². The van der Waals surface area contributed by atoms with Crippen LogP contribution in [-0.4, -0.2) is 5.54 Å². The Kier molecular flexibility index (Phi) is 6.45. The van der Waals surface area contributed by atoms with Gasteiger partial charge >= 0.3 is 0 Å². The predicted molar refractivity (Wildman–Crippen MR) is 56.3 cm³/mol. The molecule has 0 rings (SSSR count). The number of hydrogen-bond acceptors (Lipinski definition) is 1. The maximum absolute atomic E-state index is 6.25. The van der Waals surface area contributed by atoms with Gasteiger partial charge in [-0.15, -0.1) is 0 Å². The average Bonchev–Trinajstić information content (AvgIpc) is 2.06. The Morgan fingerprint density at radius 1 is 0.917 bits per heavy atom. The Hall–Kier alpha value is -0.0400. The van der Waals surface area contributed by atoms with Crippen LogP contribution in [-0.2, 0) is 0 Å². The van der Waals surface area contributed by atoms with E-state index in [9.17, 15) is 0 Å². The van der Waals surface area contributed by atoms with Gasteiger partial charge in [0.05, 0.1) is 0 Å². The van der Waals surface area contributed by atoms with Crippen molar-refractivity contribution in [1.29, 1.82) is 0 Å². The van der Waals surface area contributed by atoms with Gasteiger partial charge < -0.3 is 5.73 Å². The van der Waals surface area contributed by atoms with Crippen molar-refractivity contribution in [2.24, 2.45) is 5.73 Å². The summed E-state index contributed by atoms with van der Waals surface area (Å²) in [6.07, 6.45) is 8.69. The lowest BCUT2D eigenvalue weighted by Gasteiger charge is -2.27. The minimum Gasteiger partial charge on any atom is -0.325 e. The number of hydrogen-bond donors (Lipinski definition) is 1. The van der Waals surface area contributed by atoms with Gasteiger partial charge in [0.25, 0.3) is 0 Å². The molecule has 0 aliphatic carbocycles. The summed E-state index contributed by atoms with van der Waals surface area (Å²) >= 11 is 0. The molecule has 74 valence electrons. The Morgan fingerprint density at radius 2 is 1.58 bits per heavy atom. The molecule has 0 spiro atoms. The minimum absolute atomic E-state index is 0.143. The molecule has 12 heavy (non-hydrogen) atoms. The van der Waals surface area contributed by atoms with Gasteiger partial charge in [0, 0.05) is 5.54 Å². The molecule has 0 fully saturated rings. The van der Waals surface area contributed by atoms with Crippen molar-refractivity contribution in [2.75, 3.05) is 0 Å². The van der Waals surface area contributed by atoms with Crippen LogP contribution < -0.4 is 5.73 Å². The van der Waals surface area contributed by atoms with Gasteiger partial charge in [-0.2, -0.15) is 0 Å². The van der Waals surface area contributed by atoms with Crippen LogP contribution in [0.5, 0.6) is 0 Å². The summed E-state index contributed by atoms with van der Waals surface area (Å²) in [7, 11) is 0. The lowest BCUT2D eigenvalue weighted by Crippen LogP contribution is -2.38. The van der Waals surface area contributed by atoms with Gasteiger partial charge in [0.1, 0.15) is 0 Å². The second-order valence-corrected chi connectivity index (χ2v) is 3.92. The summed E-state index contributed by atoms with van der Waals surface area (Å²) in [5, 5.41) is 0. The topological polar surface area (TPSA) is 26.0 Å². The van der Waals surface area contributed by atoms with Crippen LogP contribution in [0.15, 0.2) is 0 Å². The van der Waals surface area contributed by atoms with Gasteiger partial charge in [-0.25, -0.2) is 0 Å². The van der Waals surface area contributed by atoms with Gasteiger partial charge in [-0.3, -0.25) is 0 Å². The van der Waals surface area contributed by atoms with Gasteiger partial charge in [-0.05, 0) is 19.3 Å². The highest BCUT2D eigenvalue weighted by Gasteiger charge is 2.20. The number of unbranched alkanes of at least 4 members (excludes halogenated alkanes) is 2. The van der Waals surface area contributed by atoms with E-state index in [0.717, 1.165) is 6.42 Å². The van der Waals surface area contributed by atoms with Crippen molar-refractivity contribution in [3.63, 3.8) is 0 Å². The maximum Gasteiger partial charge on any atom is 0.0151 e. The molecule has 0 aromatic heterocycles. The fourth-order valence-corrected chi connectivity index (χ4v) is 1.70. The Balaban J connectivity index is 3.63. The lowest BCUT2D eigenvalue weighted by molar-refractivity contribution is 0.336. The van der Waals surface area contributed by atoms with Gasteiger partial charge in [0.2, 0.25) is 0 Å². The van der Waals surface area contributed by atoms with E-state index in [1.165, 1.54) is 38.5 Å². The summed E-state index contributed by atoms with van der Waals surface area (Å²) in [5.74, 6) is 0. The molecule has 0 aromatic rings. The van der Waals surface area contributed by atoms with E-state index in [-0.39, 0.29) is 5.54 Å². The molecule has 1 heteroatoms. The molecule has 1 unspecified atom stereocenters. The molecular formula is C11H25N. The third-order valence-electron chi connectivity index (χ3n) is 2.73. The van der Waals surface area contributed by atoms with Crippen molar-refractivity contribution in [3.05, 3.63) is 0 Å². The SMILES string of the molecule is CCCCCC(N)(CC)CCC. The van der Waals surface area contributed by atoms with E-state index in [2.05, 4.69) is 20.8 Å². The molecule has 0 aromatic carbocycles. The summed E-state index contributed by atoms with van der Waals surface area (Å²) < 4.78 is 0. The zero-order chi connectivity index (χ0) is 9.45. The van der Waals surface area contributed by atoms with Crippen LogP contribution in [0.25, 0.3) is 0 Å². The molecule has 0 bridgehead atoms. The average molecular weight is 171 g/mol. The van der Waals surface area contributed by atoms with E-state index in [0.29, 0.717) is 0 Å². The number of rotatable bonds is 7. The normalized spacial score (nSPS) is 16.0. The van der Waals surface area contributed by atoms with Gasteiger partial charge in [-0.1, -0.05) is 46.5 Å². The van der Waals surface area contributed by atoms with Crippen molar-refractivity contribution in [1.82, 2.24) is 0 Å². The molecule has 0 saturated carbocycles.